The average Bonchev–Trinajstić information content (AvgIpc) is 2.71. The van der Waals surface area contributed by atoms with E-state index < -0.39 is 0 Å². The first kappa shape index (κ1) is 12.2. The molecule has 1 fully saturated rings. The summed E-state index contributed by atoms with van der Waals surface area (Å²) in [6.45, 7) is 3.21. The SMILES string of the molecule is CC1CCCC1CNc1cc(C#N)cc(Cl)n1. The third-order valence-electron chi connectivity index (χ3n) is 3.51. The van der Waals surface area contributed by atoms with Crippen molar-refractivity contribution in [3.63, 3.8) is 0 Å². The maximum absolute atomic E-state index is 8.84. The first-order chi connectivity index (χ1) is 8.19. The minimum absolute atomic E-state index is 0.367. The van der Waals surface area contributed by atoms with Crippen molar-refractivity contribution in [2.45, 2.75) is 26.2 Å². The smallest absolute Gasteiger partial charge is 0.132 e. The second-order valence-electron chi connectivity index (χ2n) is 4.72. The lowest BCUT2D eigenvalue weighted by Crippen LogP contribution is -2.17. The summed E-state index contributed by atoms with van der Waals surface area (Å²) in [4.78, 5) is 4.17. The summed E-state index contributed by atoms with van der Waals surface area (Å²) in [5, 5.41) is 12.5. The Morgan fingerprint density at radius 2 is 2.35 bits per heavy atom. The third kappa shape index (κ3) is 3.10. The molecular formula is C13H16ClN3. The van der Waals surface area contributed by atoms with Crippen LogP contribution in [0.4, 0.5) is 5.82 Å². The van der Waals surface area contributed by atoms with Gasteiger partial charge in [0.1, 0.15) is 11.0 Å². The van der Waals surface area contributed by atoms with Crippen molar-refractivity contribution in [1.82, 2.24) is 4.98 Å². The van der Waals surface area contributed by atoms with Crippen LogP contribution < -0.4 is 5.32 Å². The molecule has 0 saturated heterocycles. The number of hydrogen-bond donors (Lipinski definition) is 1. The molecule has 2 rings (SSSR count). The molecule has 0 spiro atoms. The molecule has 0 bridgehead atoms. The Morgan fingerprint density at radius 1 is 1.53 bits per heavy atom. The monoisotopic (exact) mass is 249 g/mol. The van der Waals surface area contributed by atoms with Crippen LogP contribution in [0.5, 0.6) is 0 Å². The van der Waals surface area contributed by atoms with Crippen molar-refractivity contribution in [2.75, 3.05) is 11.9 Å². The highest BCUT2D eigenvalue weighted by molar-refractivity contribution is 6.29. The van der Waals surface area contributed by atoms with Gasteiger partial charge in [-0.1, -0.05) is 31.4 Å². The molecule has 1 N–H and O–H groups in total. The Balaban J connectivity index is 1.99. The highest BCUT2D eigenvalue weighted by Gasteiger charge is 2.22. The molecule has 1 aliphatic rings. The normalized spacial score (nSPS) is 23.4. The summed E-state index contributed by atoms with van der Waals surface area (Å²) in [5.41, 5.74) is 0.548. The molecular weight excluding hydrogens is 234 g/mol. The van der Waals surface area contributed by atoms with Gasteiger partial charge in [0.2, 0.25) is 0 Å². The quantitative estimate of drug-likeness (QED) is 0.835. The predicted molar refractivity (Wildman–Crippen MR) is 69.0 cm³/mol. The van der Waals surface area contributed by atoms with E-state index in [0.29, 0.717) is 22.5 Å². The van der Waals surface area contributed by atoms with Gasteiger partial charge in [-0.15, -0.1) is 0 Å². The lowest BCUT2D eigenvalue weighted by atomic mass is 9.98. The van der Waals surface area contributed by atoms with E-state index in [4.69, 9.17) is 16.9 Å². The zero-order chi connectivity index (χ0) is 12.3. The molecule has 17 heavy (non-hydrogen) atoms. The van der Waals surface area contributed by atoms with E-state index in [0.717, 1.165) is 12.5 Å². The Morgan fingerprint density at radius 3 is 3.00 bits per heavy atom. The molecule has 1 aromatic heterocycles. The van der Waals surface area contributed by atoms with Crippen LogP contribution in [0.3, 0.4) is 0 Å². The van der Waals surface area contributed by atoms with Gasteiger partial charge in [0, 0.05) is 6.54 Å². The Hall–Kier alpha value is -1.27. The summed E-state index contributed by atoms with van der Waals surface area (Å²) in [6, 6.07) is 5.40. The molecule has 0 amide bonds. The number of rotatable bonds is 3. The average molecular weight is 250 g/mol. The van der Waals surface area contributed by atoms with Gasteiger partial charge >= 0.3 is 0 Å². The first-order valence-electron chi connectivity index (χ1n) is 6.00. The second-order valence-corrected chi connectivity index (χ2v) is 5.11. The molecule has 90 valence electrons. The van der Waals surface area contributed by atoms with Crippen LogP contribution in [0.1, 0.15) is 31.7 Å². The van der Waals surface area contributed by atoms with Gasteiger partial charge in [-0.25, -0.2) is 4.98 Å². The van der Waals surface area contributed by atoms with Crippen LogP contribution in [-0.2, 0) is 0 Å². The van der Waals surface area contributed by atoms with E-state index >= 15 is 0 Å². The molecule has 3 nitrogen and oxygen atoms in total. The van der Waals surface area contributed by atoms with Crippen LogP contribution in [0.25, 0.3) is 0 Å². The number of halogens is 1. The van der Waals surface area contributed by atoms with Gasteiger partial charge in [-0.2, -0.15) is 5.26 Å². The molecule has 1 saturated carbocycles. The molecule has 1 aliphatic carbocycles. The molecule has 1 heterocycles. The molecule has 2 unspecified atom stereocenters. The van der Waals surface area contributed by atoms with Crippen molar-refractivity contribution < 1.29 is 0 Å². The zero-order valence-corrected chi connectivity index (χ0v) is 10.7. The van der Waals surface area contributed by atoms with Gasteiger partial charge in [0.15, 0.2) is 0 Å². The van der Waals surface area contributed by atoms with Crippen LogP contribution >= 0.6 is 11.6 Å². The van der Waals surface area contributed by atoms with E-state index in [-0.39, 0.29) is 0 Å². The van der Waals surface area contributed by atoms with E-state index in [1.165, 1.54) is 19.3 Å². The van der Waals surface area contributed by atoms with Crippen molar-refractivity contribution in [2.24, 2.45) is 11.8 Å². The molecule has 2 atom stereocenters. The summed E-state index contributed by atoms with van der Waals surface area (Å²) in [7, 11) is 0. The van der Waals surface area contributed by atoms with Gasteiger partial charge in [0.25, 0.3) is 0 Å². The number of hydrogen-bond acceptors (Lipinski definition) is 3. The number of anilines is 1. The van der Waals surface area contributed by atoms with Crippen molar-refractivity contribution in [1.29, 1.82) is 5.26 Å². The number of nitrogens with zero attached hydrogens (tertiary/aromatic N) is 2. The summed E-state index contributed by atoms with van der Waals surface area (Å²) >= 11 is 5.85. The number of nitriles is 1. The molecule has 1 aromatic rings. The number of pyridine rings is 1. The van der Waals surface area contributed by atoms with E-state index in [9.17, 15) is 0 Å². The van der Waals surface area contributed by atoms with Gasteiger partial charge in [-0.3, -0.25) is 0 Å². The highest BCUT2D eigenvalue weighted by Crippen LogP contribution is 2.31. The second kappa shape index (κ2) is 5.37. The summed E-state index contributed by atoms with van der Waals surface area (Å²) in [6.07, 6.45) is 3.92. The highest BCUT2D eigenvalue weighted by atomic mass is 35.5. The van der Waals surface area contributed by atoms with Crippen LogP contribution in [0.15, 0.2) is 12.1 Å². The molecule has 0 radical (unpaired) electrons. The van der Waals surface area contributed by atoms with Crippen LogP contribution in [-0.4, -0.2) is 11.5 Å². The lowest BCUT2D eigenvalue weighted by Gasteiger charge is -2.16. The fraction of sp³-hybridized carbons (Fsp3) is 0.538. The molecule has 0 aliphatic heterocycles. The largest absolute Gasteiger partial charge is 0.370 e. The number of aromatic nitrogens is 1. The number of nitrogens with one attached hydrogen (secondary N) is 1. The van der Waals surface area contributed by atoms with Gasteiger partial charge in [-0.05, 0) is 30.4 Å². The fourth-order valence-corrected chi connectivity index (χ4v) is 2.62. The van der Waals surface area contributed by atoms with E-state index in [1.807, 2.05) is 0 Å². The van der Waals surface area contributed by atoms with E-state index in [1.54, 1.807) is 12.1 Å². The Kier molecular flexibility index (Phi) is 3.86. The maximum atomic E-state index is 8.84. The minimum Gasteiger partial charge on any atom is -0.370 e. The summed E-state index contributed by atoms with van der Waals surface area (Å²) < 4.78 is 0. The van der Waals surface area contributed by atoms with Gasteiger partial charge < -0.3 is 5.32 Å². The first-order valence-corrected chi connectivity index (χ1v) is 6.38. The van der Waals surface area contributed by atoms with Crippen LogP contribution in [0, 0.1) is 23.2 Å². The van der Waals surface area contributed by atoms with Crippen molar-refractivity contribution >= 4 is 17.4 Å². The third-order valence-corrected chi connectivity index (χ3v) is 3.70. The summed E-state index contributed by atoms with van der Waals surface area (Å²) in [5.74, 6) is 2.19. The van der Waals surface area contributed by atoms with Crippen LogP contribution in [0.2, 0.25) is 5.15 Å². The predicted octanol–water partition coefficient (Wildman–Crippen LogP) is 3.45. The van der Waals surface area contributed by atoms with Gasteiger partial charge in [0.05, 0.1) is 11.6 Å². The molecule has 0 aromatic carbocycles. The topological polar surface area (TPSA) is 48.7 Å². The molecule has 4 heteroatoms. The zero-order valence-electron chi connectivity index (χ0n) is 9.91. The minimum atomic E-state index is 0.367. The van der Waals surface area contributed by atoms with Crippen molar-refractivity contribution in [3.8, 4) is 6.07 Å². The standard InChI is InChI=1S/C13H16ClN3/c1-9-3-2-4-11(9)8-16-13-6-10(7-15)5-12(14)17-13/h5-6,9,11H,2-4,8H2,1H3,(H,16,17). The lowest BCUT2D eigenvalue weighted by molar-refractivity contribution is 0.439. The fourth-order valence-electron chi connectivity index (χ4n) is 2.41. The van der Waals surface area contributed by atoms with Crippen molar-refractivity contribution in [3.05, 3.63) is 22.8 Å². The Bertz CT molecular complexity index is 439. The van der Waals surface area contributed by atoms with E-state index in [2.05, 4.69) is 23.3 Å². The maximum Gasteiger partial charge on any atom is 0.132 e. The Labute approximate surface area is 107 Å².